The second kappa shape index (κ2) is 9.80. The van der Waals surface area contributed by atoms with Gasteiger partial charge >= 0.3 is 0 Å². The van der Waals surface area contributed by atoms with Gasteiger partial charge in [0.25, 0.3) is 0 Å². The number of thiophene rings is 1. The number of Topliss-reactive ketones (excluding diaryl/α,β-unsaturated/α-hetero) is 1. The largest absolute Gasteiger partial charge is 0.489 e. The minimum atomic E-state index is 0.0885. The molecule has 5 heterocycles. The molecule has 0 aliphatic carbocycles. The summed E-state index contributed by atoms with van der Waals surface area (Å²) in [4.78, 5) is 21.7. The van der Waals surface area contributed by atoms with Crippen LogP contribution in [0.5, 0.6) is 5.75 Å². The van der Waals surface area contributed by atoms with Crippen LogP contribution in [0.15, 0.2) is 73.1 Å². The van der Waals surface area contributed by atoms with E-state index in [2.05, 4.69) is 67.9 Å². The van der Waals surface area contributed by atoms with Gasteiger partial charge < -0.3 is 15.0 Å². The average molecular weight is 534 g/mol. The molecule has 194 valence electrons. The van der Waals surface area contributed by atoms with E-state index in [4.69, 9.17) is 4.74 Å². The molecule has 7 nitrogen and oxygen atoms in total. The molecule has 0 bridgehead atoms. The molecule has 2 aromatic carbocycles. The van der Waals surface area contributed by atoms with E-state index in [0.29, 0.717) is 0 Å². The van der Waals surface area contributed by atoms with Crippen LogP contribution in [0.1, 0.15) is 29.4 Å². The molecule has 1 aliphatic heterocycles. The number of benzene rings is 2. The second-order valence-corrected chi connectivity index (χ2v) is 11.1. The number of hydrogen-bond acceptors (Lipinski definition) is 6. The van der Waals surface area contributed by atoms with Gasteiger partial charge in [-0.15, -0.1) is 11.3 Å². The Morgan fingerprint density at radius 2 is 1.85 bits per heavy atom. The molecule has 0 unspecified atom stereocenters. The molecule has 0 atom stereocenters. The zero-order chi connectivity index (χ0) is 26.3. The number of carbonyl (C=O) groups is 1. The molecule has 0 radical (unpaired) electrons. The number of hydrogen-bond donors (Lipinski definition) is 3. The Hall–Kier alpha value is -4.27. The van der Waals surface area contributed by atoms with Gasteiger partial charge in [-0.05, 0) is 80.9 Å². The summed E-state index contributed by atoms with van der Waals surface area (Å²) in [5.74, 6) is 0.891. The number of ketones is 1. The molecule has 1 saturated heterocycles. The highest BCUT2D eigenvalue weighted by Crippen LogP contribution is 2.37. The molecule has 8 heteroatoms. The van der Waals surface area contributed by atoms with Crippen LogP contribution in [0.3, 0.4) is 0 Å². The molecule has 1 fully saturated rings. The van der Waals surface area contributed by atoms with Crippen molar-refractivity contribution in [3.63, 3.8) is 0 Å². The number of pyridine rings is 1. The first-order valence-corrected chi connectivity index (χ1v) is 14.0. The van der Waals surface area contributed by atoms with Crippen LogP contribution in [-0.4, -0.2) is 45.1 Å². The van der Waals surface area contributed by atoms with Crippen molar-refractivity contribution in [2.75, 3.05) is 13.1 Å². The van der Waals surface area contributed by atoms with Crippen molar-refractivity contribution < 1.29 is 9.53 Å². The van der Waals surface area contributed by atoms with Gasteiger partial charge in [0.15, 0.2) is 5.78 Å². The predicted octanol–water partition coefficient (Wildman–Crippen LogP) is 6.84. The Kier molecular flexibility index (Phi) is 5.98. The fourth-order valence-corrected chi connectivity index (χ4v) is 6.26. The Morgan fingerprint density at radius 1 is 0.949 bits per heavy atom. The first-order chi connectivity index (χ1) is 19.1. The number of H-pyrrole nitrogens is 2. The molecule has 39 heavy (non-hydrogen) atoms. The maximum atomic E-state index is 11.9. The lowest BCUT2D eigenvalue weighted by molar-refractivity contribution is 0.102. The number of nitrogens with one attached hydrogen (secondary N) is 3. The van der Waals surface area contributed by atoms with Gasteiger partial charge in [0, 0.05) is 38.5 Å². The van der Waals surface area contributed by atoms with Crippen LogP contribution in [0.2, 0.25) is 0 Å². The van der Waals surface area contributed by atoms with Gasteiger partial charge in [0.05, 0.1) is 22.3 Å². The molecular formula is C31H27N5O2S. The maximum Gasteiger partial charge on any atom is 0.169 e. The normalized spacial score (nSPS) is 14.3. The quantitative estimate of drug-likeness (QED) is 0.204. The molecular weight excluding hydrogens is 506 g/mol. The smallest absolute Gasteiger partial charge is 0.169 e. The third-order valence-corrected chi connectivity index (χ3v) is 8.56. The molecule has 0 spiro atoms. The van der Waals surface area contributed by atoms with Crippen LogP contribution >= 0.6 is 11.3 Å². The third kappa shape index (κ3) is 4.51. The highest BCUT2D eigenvalue weighted by molar-refractivity contribution is 7.17. The lowest BCUT2D eigenvalue weighted by atomic mass is 10.0. The first kappa shape index (κ1) is 23.8. The number of aromatic nitrogens is 4. The number of fused-ring (bicyclic) bond motifs is 2. The number of rotatable bonds is 6. The standard InChI is InChI=1S/C31H27N5O2S/c1-18(37)29-7-8-30(39-29)23-3-2-4-26-24(23)15-28(34-26)31-25-14-19(5-6-27(25)35-36-31)20-13-22(17-33-16-20)38-21-9-11-32-12-10-21/h2-8,13-17,21,32,34H,9-12H2,1H3,(H,35,36). The topological polar surface area (TPSA) is 95.7 Å². The molecule has 0 amide bonds. The minimum Gasteiger partial charge on any atom is -0.489 e. The summed E-state index contributed by atoms with van der Waals surface area (Å²) in [5, 5.41) is 13.4. The fraction of sp³-hybridized carbons (Fsp3) is 0.194. The Morgan fingerprint density at radius 3 is 2.69 bits per heavy atom. The van der Waals surface area contributed by atoms with Crippen LogP contribution < -0.4 is 10.1 Å². The van der Waals surface area contributed by atoms with Crippen molar-refractivity contribution in [2.45, 2.75) is 25.9 Å². The third-order valence-electron chi connectivity index (χ3n) is 7.34. The number of piperidine rings is 1. The van der Waals surface area contributed by atoms with E-state index < -0.39 is 0 Å². The van der Waals surface area contributed by atoms with E-state index in [1.807, 2.05) is 24.4 Å². The summed E-state index contributed by atoms with van der Waals surface area (Å²) in [7, 11) is 0. The van der Waals surface area contributed by atoms with E-state index in [9.17, 15) is 4.79 Å². The Bertz CT molecular complexity index is 1830. The molecule has 6 aromatic rings. The average Bonchev–Trinajstić information content (AvgIpc) is 3.71. The lowest BCUT2D eigenvalue weighted by Crippen LogP contribution is -2.34. The van der Waals surface area contributed by atoms with Gasteiger partial charge in [-0.2, -0.15) is 5.10 Å². The Balaban J connectivity index is 1.25. The maximum absolute atomic E-state index is 11.9. The Labute approximate surface area is 229 Å². The van der Waals surface area contributed by atoms with Crippen LogP contribution in [0, 0.1) is 0 Å². The highest BCUT2D eigenvalue weighted by atomic mass is 32.1. The summed E-state index contributed by atoms with van der Waals surface area (Å²) in [6.07, 6.45) is 5.90. The number of ether oxygens (including phenoxy) is 1. The zero-order valence-electron chi connectivity index (χ0n) is 21.5. The molecule has 7 rings (SSSR count). The summed E-state index contributed by atoms with van der Waals surface area (Å²) in [5.41, 5.74) is 6.95. The summed E-state index contributed by atoms with van der Waals surface area (Å²) in [6, 6.07) is 20.7. The summed E-state index contributed by atoms with van der Waals surface area (Å²) >= 11 is 1.53. The van der Waals surface area contributed by atoms with Crippen molar-refractivity contribution >= 4 is 38.9 Å². The van der Waals surface area contributed by atoms with E-state index >= 15 is 0 Å². The number of aromatic amines is 2. The van der Waals surface area contributed by atoms with E-state index in [0.717, 1.165) is 91.3 Å². The first-order valence-electron chi connectivity index (χ1n) is 13.2. The molecule has 4 aromatic heterocycles. The predicted molar refractivity (Wildman–Crippen MR) is 156 cm³/mol. The van der Waals surface area contributed by atoms with Crippen molar-refractivity contribution in [1.29, 1.82) is 0 Å². The SMILES string of the molecule is CC(=O)c1ccc(-c2cccc3[nH]c(-c4n[nH]c5ccc(-c6cncc(OC7CCNCC7)c6)cc45)cc23)s1. The number of carbonyl (C=O) groups excluding carboxylic acids is 1. The molecule has 0 saturated carbocycles. The van der Waals surface area contributed by atoms with Gasteiger partial charge in [-0.25, -0.2) is 0 Å². The zero-order valence-corrected chi connectivity index (χ0v) is 22.3. The lowest BCUT2D eigenvalue weighted by Gasteiger charge is -2.23. The fourth-order valence-electron chi connectivity index (χ4n) is 5.32. The monoisotopic (exact) mass is 533 g/mol. The van der Waals surface area contributed by atoms with Crippen LogP contribution in [0.4, 0.5) is 0 Å². The van der Waals surface area contributed by atoms with E-state index in [1.54, 1.807) is 13.1 Å². The highest BCUT2D eigenvalue weighted by Gasteiger charge is 2.17. The summed E-state index contributed by atoms with van der Waals surface area (Å²) in [6.45, 7) is 3.58. The van der Waals surface area contributed by atoms with Crippen molar-refractivity contribution in [1.82, 2.24) is 25.5 Å². The van der Waals surface area contributed by atoms with Crippen molar-refractivity contribution in [3.05, 3.63) is 77.9 Å². The van der Waals surface area contributed by atoms with E-state index in [-0.39, 0.29) is 11.9 Å². The van der Waals surface area contributed by atoms with Gasteiger partial charge in [-0.1, -0.05) is 18.2 Å². The van der Waals surface area contributed by atoms with Crippen molar-refractivity contribution in [2.24, 2.45) is 0 Å². The summed E-state index contributed by atoms with van der Waals surface area (Å²) < 4.78 is 6.24. The molecule has 3 N–H and O–H groups in total. The van der Waals surface area contributed by atoms with Crippen molar-refractivity contribution in [3.8, 4) is 38.7 Å². The second-order valence-electron chi connectivity index (χ2n) is 9.98. The molecule has 1 aliphatic rings. The van der Waals surface area contributed by atoms with Gasteiger partial charge in [-0.3, -0.25) is 14.9 Å². The van der Waals surface area contributed by atoms with E-state index in [1.165, 1.54) is 11.3 Å². The van der Waals surface area contributed by atoms with Crippen LogP contribution in [-0.2, 0) is 0 Å². The minimum absolute atomic E-state index is 0.0885. The van der Waals surface area contributed by atoms with Crippen LogP contribution in [0.25, 0.3) is 54.8 Å². The van der Waals surface area contributed by atoms with Gasteiger partial charge in [0.1, 0.15) is 17.5 Å². The van der Waals surface area contributed by atoms with Gasteiger partial charge in [0.2, 0.25) is 0 Å². The number of nitrogens with zero attached hydrogens (tertiary/aromatic N) is 2.